The Morgan fingerprint density at radius 3 is 2.76 bits per heavy atom. The van der Waals surface area contributed by atoms with E-state index < -0.39 is 30.4 Å². The fourth-order valence-electron chi connectivity index (χ4n) is 1.31. The van der Waals surface area contributed by atoms with Crippen LogP contribution in [0.5, 0.6) is 0 Å². The molecule has 0 aliphatic heterocycles. The summed E-state index contributed by atoms with van der Waals surface area (Å²) in [4.78, 5) is 10.9. The highest BCUT2D eigenvalue weighted by atomic mass is 35.5. The monoisotopic (exact) mass is 262 g/mol. The Morgan fingerprint density at radius 1 is 1.53 bits per heavy atom. The van der Waals surface area contributed by atoms with Gasteiger partial charge in [-0.05, 0) is 18.2 Å². The second kappa shape index (κ2) is 5.95. The van der Waals surface area contributed by atoms with Crippen molar-refractivity contribution in [2.75, 3.05) is 7.11 Å². The number of hydrogen-bond donors (Lipinski definition) is 2. The molecule has 1 aromatic rings. The number of aliphatic hydroxyl groups is 2. The minimum Gasteiger partial charge on any atom is -0.469 e. The Balaban J connectivity index is 2.84. The summed E-state index contributed by atoms with van der Waals surface area (Å²) in [5.74, 6) is -1.27. The van der Waals surface area contributed by atoms with Crippen LogP contribution >= 0.6 is 11.6 Å². The number of rotatable bonds is 4. The van der Waals surface area contributed by atoms with Gasteiger partial charge < -0.3 is 14.9 Å². The van der Waals surface area contributed by atoms with Gasteiger partial charge in [-0.2, -0.15) is 0 Å². The van der Waals surface area contributed by atoms with E-state index in [1.165, 1.54) is 6.07 Å². The lowest BCUT2D eigenvalue weighted by Crippen LogP contribution is -2.23. The fourth-order valence-corrected chi connectivity index (χ4v) is 1.54. The molecule has 2 atom stereocenters. The first-order chi connectivity index (χ1) is 7.95. The van der Waals surface area contributed by atoms with Crippen LogP contribution in [0.25, 0.3) is 0 Å². The van der Waals surface area contributed by atoms with E-state index in [-0.39, 0.29) is 10.6 Å². The maximum absolute atomic E-state index is 13.0. The number of aliphatic hydroxyl groups excluding tert-OH is 2. The molecule has 0 amide bonds. The lowest BCUT2D eigenvalue weighted by Gasteiger charge is -2.18. The molecule has 1 aromatic carbocycles. The molecule has 0 heterocycles. The lowest BCUT2D eigenvalue weighted by molar-refractivity contribution is -0.144. The van der Waals surface area contributed by atoms with Gasteiger partial charge in [-0.1, -0.05) is 11.6 Å². The summed E-state index contributed by atoms with van der Waals surface area (Å²) >= 11 is 5.75. The van der Waals surface area contributed by atoms with Crippen LogP contribution in [0.4, 0.5) is 4.39 Å². The van der Waals surface area contributed by atoms with Gasteiger partial charge in [0.05, 0.1) is 19.6 Å². The zero-order valence-electron chi connectivity index (χ0n) is 9.06. The van der Waals surface area contributed by atoms with Crippen LogP contribution in [0.15, 0.2) is 18.2 Å². The third-order valence-electron chi connectivity index (χ3n) is 2.24. The molecular formula is C11H12ClFO4. The molecule has 2 unspecified atom stereocenters. The molecule has 0 aromatic heterocycles. The number of methoxy groups -OCH3 is 1. The highest BCUT2D eigenvalue weighted by molar-refractivity contribution is 6.31. The number of carbonyl (C=O) groups is 1. The van der Waals surface area contributed by atoms with Crippen molar-refractivity contribution in [3.63, 3.8) is 0 Å². The average Bonchev–Trinajstić information content (AvgIpc) is 2.31. The van der Waals surface area contributed by atoms with Gasteiger partial charge in [0, 0.05) is 10.6 Å². The number of hydrogen-bond acceptors (Lipinski definition) is 4. The summed E-state index contributed by atoms with van der Waals surface area (Å²) in [6.45, 7) is 0. The molecule has 2 N–H and O–H groups in total. The summed E-state index contributed by atoms with van der Waals surface area (Å²) in [7, 11) is 1.16. The van der Waals surface area contributed by atoms with E-state index in [9.17, 15) is 19.4 Å². The SMILES string of the molecule is COC(=O)CC(O)C(O)c1cc(F)ccc1Cl. The van der Waals surface area contributed by atoms with Gasteiger partial charge in [0.25, 0.3) is 0 Å². The molecule has 0 aliphatic rings. The Labute approximate surface area is 103 Å². The van der Waals surface area contributed by atoms with Crippen molar-refractivity contribution >= 4 is 17.6 Å². The van der Waals surface area contributed by atoms with Crippen molar-refractivity contribution in [3.8, 4) is 0 Å². The van der Waals surface area contributed by atoms with Crippen LogP contribution in [-0.4, -0.2) is 29.4 Å². The van der Waals surface area contributed by atoms with Gasteiger partial charge in [-0.25, -0.2) is 4.39 Å². The molecule has 0 bridgehead atoms. The maximum Gasteiger partial charge on any atom is 0.308 e. The first-order valence-corrected chi connectivity index (χ1v) is 5.21. The van der Waals surface area contributed by atoms with Crippen LogP contribution < -0.4 is 0 Å². The third kappa shape index (κ3) is 3.66. The molecule has 0 fully saturated rings. The molecular weight excluding hydrogens is 251 g/mol. The standard InChI is InChI=1S/C11H12ClFO4/c1-17-10(15)5-9(14)11(16)7-4-6(13)2-3-8(7)12/h2-4,9,11,14,16H,5H2,1H3. The zero-order valence-corrected chi connectivity index (χ0v) is 9.82. The van der Waals surface area contributed by atoms with Crippen molar-refractivity contribution in [2.45, 2.75) is 18.6 Å². The highest BCUT2D eigenvalue weighted by Gasteiger charge is 2.24. The van der Waals surface area contributed by atoms with Gasteiger partial charge in [0.2, 0.25) is 0 Å². The minimum absolute atomic E-state index is 0.0306. The van der Waals surface area contributed by atoms with Crippen LogP contribution in [0.1, 0.15) is 18.1 Å². The number of esters is 1. The smallest absolute Gasteiger partial charge is 0.308 e. The topological polar surface area (TPSA) is 66.8 Å². The summed E-state index contributed by atoms with van der Waals surface area (Å²) in [6.07, 6.45) is -3.25. The van der Waals surface area contributed by atoms with Gasteiger partial charge in [-0.3, -0.25) is 4.79 Å². The summed E-state index contributed by atoms with van der Waals surface area (Å²) < 4.78 is 17.3. The summed E-state index contributed by atoms with van der Waals surface area (Å²) in [6, 6.07) is 3.40. The van der Waals surface area contributed by atoms with Crippen LogP contribution in [-0.2, 0) is 9.53 Å². The molecule has 94 valence electrons. The second-order valence-corrected chi connectivity index (χ2v) is 3.87. The molecule has 0 aliphatic carbocycles. The summed E-state index contributed by atoms with van der Waals surface area (Å²) in [5.41, 5.74) is 0.0306. The first kappa shape index (κ1) is 13.9. The average molecular weight is 263 g/mol. The molecule has 6 heteroatoms. The fraction of sp³-hybridized carbons (Fsp3) is 0.364. The molecule has 1 rings (SSSR count). The Hall–Kier alpha value is -1.17. The molecule has 17 heavy (non-hydrogen) atoms. The van der Waals surface area contributed by atoms with Crippen molar-refractivity contribution in [1.29, 1.82) is 0 Å². The molecule has 0 saturated heterocycles. The molecule has 0 radical (unpaired) electrons. The van der Waals surface area contributed by atoms with Crippen molar-refractivity contribution in [3.05, 3.63) is 34.6 Å². The van der Waals surface area contributed by atoms with Crippen LogP contribution in [0.2, 0.25) is 5.02 Å². The van der Waals surface area contributed by atoms with E-state index in [1.54, 1.807) is 0 Å². The van der Waals surface area contributed by atoms with Gasteiger partial charge in [0.1, 0.15) is 11.9 Å². The van der Waals surface area contributed by atoms with E-state index >= 15 is 0 Å². The van der Waals surface area contributed by atoms with Gasteiger partial charge in [-0.15, -0.1) is 0 Å². The van der Waals surface area contributed by atoms with E-state index in [0.29, 0.717) is 0 Å². The number of carbonyl (C=O) groups excluding carboxylic acids is 1. The number of ether oxygens (including phenoxy) is 1. The van der Waals surface area contributed by atoms with E-state index in [4.69, 9.17) is 11.6 Å². The lowest BCUT2D eigenvalue weighted by atomic mass is 10.0. The van der Waals surface area contributed by atoms with E-state index in [2.05, 4.69) is 4.74 Å². The van der Waals surface area contributed by atoms with Crippen molar-refractivity contribution in [2.24, 2.45) is 0 Å². The number of benzene rings is 1. The van der Waals surface area contributed by atoms with Crippen molar-refractivity contribution < 1.29 is 24.1 Å². The maximum atomic E-state index is 13.0. The quantitative estimate of drug-likeness (QED) is 0.806. The molecule has 0 saturated carbocycles. The van der Waals surface area contributed by atoms with E-state index in [1.807, 2.05) is 0 Å². The van der Waals surface area contributed by atoms with Gasteiger partial charge >= 0.3 is 5.97 Å². The van der Waals surface area contributed by atoms with Crippen LogP contribution in [0, 0.1) is 5.82 Å². The predicted octanol–water partition coefficient (Wildman–Crippen LogP) is 1.44. The predicted molar refractivity (Wildman–Crippen MR) is 59.0 cm³/mol. The first-order valence-electron chi connectivity index (χ1n) is 4.83. The Bertz CT molecular complexity index is 410. The van der Waals surface area contributed by atoms with Crippen molar-refractivity contribution in [1.82, 2.24) is 0 Å². The van der Waals surface area contributed by atoms with Crippen LogP contribution in [0.3, 0.4) is 0 Å². The minimum atomic E-state index is -1.45. The molecule has 4 nitrogen and oxygen atoms in total. The Morgan fingerprint density at radius 2 is 2.18 bits per heavy atom. The Kier molecular flexibility index (Phi) is 4.86. The highest BCUT2D eigenvalue weighted by Crippen LogP contribution is 2.27. The summed E-state index contributed by atoms with van der Waals surface area (Å²) in [5, 5.41) is 19.4. The normalized spacial score (nSPS) is 14.2. The van der Waals surface area contributed by atoms with Gasteiger partial charge in [0.15, 0.2) is 0 Å². The number of halogens is 2. The second-order valence-electron chi connectivity index (χ2n) is 3.46. The third-order valence-corrected chi connectivity index (χ3v) is 2.59. The largest absolute Gasteiger partial charge is 0.469 e. The van der Waals surface area contributed by atoms with E-state index in [0.717, 1.165) is 19.2 Å². The molecule has 0 spiro atoms. The zero-order chi connectivity index (χ0) is 13.0.